The van der Waals surface area contributed by atoms with Gasteiger partial charge in [0.2, 0.25) is 0 Å². The zero-order valence-corrected chi connectivity index (χ0v) is 9.74. The molecule has 86 valence electrons. The summed E-state index contributed by atoms with van der Waals surface area (Å²) >= 11 is 0. The second-order valence-corrected chi connectivity index (χ2v) is 3.92. The van der Waals surface area contributed by atoms with Crippen LogP contribution in [0.4, 0.5) is 0 Å². The van der Waals surface area contributed by atoms with Crippen LogP contribution in [-0.2, 0) is 16.0 Å². The Morgan fingerprint density at radius 1 is 0.938 bits per heavy atom. The second-order valence-electron chi connectivity index (χ2n) is 3.92. The summed E-state index contributed by atoms with van der Waals surface area (Å²) in [5.41, 5.74) is 1.18. The number of carbonyl (C=O) groups excluding carboxylic acids is 2. The van der Waals surface area contributed by atoms with Gasteiger partial charge in [-0.1, -0.05) is 37.3 Å². The summed E-state index contributed by atoms with van der Waals surface area (Å²) in [5.74, 6) is 0.360. The number of carbonyl (C=O) groups is 2. The van der Waals surface area contributed by atoms with Gasteiger partial charge in [-0.15, -0.1) is 0 Å². The van der Waals surface area contributed by atoms with E-state index in [0.29, 0.717) is 25.7 Å². The summed E-state index contributed by atoms with van der Waals surface area (Å²) < 4.78 is 0. The molecule has 2 nitrogen and oxygen atoms in total. The molecule has 1 aromatic carbocycles. The highest BCUT2D eigenvalue weighted by Gasteiger charge is 2.05. The van der Waals surface area contributed by atoms with E-state index < -0.39 is 0 Å². The topological polar surface area (TPSA) is 34.1 Å². The highest BCUT2D eigenvalue weighted by molar-refractivity contribution is 5.85. The van der Waals surface area contributed by atoms with E-state index in [2.05, 4.69) is 0 Å². The molecule has 1 aromatic rings. The first-order chi connectivity index (χ1) is 7.72. The fourth-order valence-corrected chi connectivity index (χ4v) is 1.51. The Balaban J connectivity index is 2.23. The first-order valence-corrected chi connectivity index (χ1v) is 5.79. The van der Waals surface area contributed by atoms with E-state index in [4.69, 9.17) is 0 Å². The van der Waals surface area contributed by atoms with E-state index in [9.17, 15) is 9.59 Å². The third-order valence-electron chi connectivity index (χ3n) is 2.61. The predicted molar refractivity (Wildman–Crippen MR) is 64.3 cm³/mol. The summed E-state index contributed by atoms with van der Waals surface area (Å²) in [6, 6.07) is 9.95. The van der Waals surface area contributed by atoms with Crippen molar-refractivity contribution in [2.45, 2.75) is 39.0 Å². The lowest BCUT2D eigenvalue weighted by molar-refractivity contribution is -0.124. The molecule has 0 N–H and O–H groups in total. The Labute approximate surface area is 96.7 Å². The predicted octanol–water partition coefficient (Wildman–Crippen LogP) is 2.95. The number of hydrogen-bond acceptors (Lipinski definition) is 2. The molecular weight excluding hydrogens is 200 g/mol. The van der Waals surface area contributed by atoms with Crippen molar-refractivity contribution in [2.75, 3.05) is 0 Å². The maximum absolute atomic E-state index is 11.5. The Hall–Kier alpha value is -1.44. The molecule has 0 saturated carbocycles. The van der Waals surface area contributed by atoms with Gasteiger partial charge >= 0.3 is 0 Å². The SMILES string of the molecule is CCC(=O)CCC(=O)CCc1ccccc1. The van der Waals surface area contributed by atoms with Crippen molar-refractivity contribution < 1.29 is 9.59 Å². The summed E-state index contributed by atoms with van der Waals surface area (Å²) in [4.78, 5) is 22.5. The smallest absolute Gasteiger partial charge is 0.133 e. The van der Waals surface area contributed by atoms with Gasteiger partial charge in [0.15, 0.2) is 0 Å². The van der Waals surface area contributed by atoms with Crippen LogP contribution in [0.15, 0.2) is 30.3 Å². The first kappa shape index (κ1) is 12.6. The van der Waals surface area contributed by atoms with Gasteiger partial charge in [0, 0.05) is 25.7 Å². The number of hydrogen-bond donors (Lipinski definition) is 0. The van der Waals surface area contributed by atoms with Crippen molar-refractivity contribution in [3.05, 3.63) is 35.9 Å². The lowest BCUT2D eigenvalue weighted by Gasteiger charge is -2.00. The molecule has 0 radical (unpaired) electrons. The van der Waals surface area contributed by atoms with Crippen LogP contribution in [0.1, 0.15) is 38.2 Å². The van der Waals surface area contributed by atoms with Gasteiger partial charge in [0.25, 0.3) is 0 Å². The number of ketones is 2. The molecule has 0 bridgehead atoms. The zero-order chi connectivity index (χ0) is 11.8. The molecule has 0 amide bonds. The first-order valence-electron chi connectivity index (χ1n) is 5.79. The third kappa shape index (κ3) is 4.87. The molecular formula is C14H18O2. The largest absolute Gasteiger partial charge is 0.300 e. The fraction of sp³-hybridized carbons (Fsp3) is 0.429. The van der Waals surface area contributed by atoms with Gasteiger partial charge in [-0.2, -0.15) is 0 Å². The molecule has 2 heteroatoms. The molecule has 1 rings (SSSR count). The van der Waals surface area contributed by atoms with E-state index in [1.807, 2.05) is 37.3 Å². The van der Waals surface area contributed by atoms with Crippen molar-refractivity contribution in [3.63, 3.8) is 0 Å². The summed E-state index contributed by atoms with van der Waals surface area (Å²) in [7, 11) is 0. The summed E-state index contributed by atoms with van der Waals surface area (Å²) in [6.45, 7) is 1.83. The molecule has 0 fully saturated rings. The van der Waals surface area contributed by atoms with Crippen LogP contribution in [0.3, 0.4) is 0 Å². The summed E-state index contributed by atoms with van der Waals surface area (Å²) in [5, 5.41) is 0. The molecule has 0 aliphatic heterocycles. The van der Waals surface area contributed by atoms with Crippen molar-refractivity contribution in [2.24, 2.45) is 0 Å². The number of rotatable bonds is 7. The molecule has 0 heterocycles. The standard InChI is InChI=1S/C14H18O2/c1-2-13(15)10-11-14(16)9-8-12-6-4-3-5-7-12/h3-7H,2,8-11H2,1H3. The van der Waals surface area contributed by atoms with E-state index in [0.717, 1.165) is 6.42 Å². The van der Waals surface area contributed by atoms with Crippen molar-refractivity contribution in [3.8, 4) is 0 Å². The second kappa shape index (κ2) is 6.94. The quantitative estimate of drug-likeness (QED) is 0.705. The van der Waals surface area contributed by atoms with Gasteiger partial charge in [0.1, 0.15) is 11.6 Å². The van der Waals surface area contributed by atoms with E-state index in [1.54, 1.807) is 0 Å². The average Bonchev–Trinajstić information content (AvgIpc) is 2.34. The lowest BCUT2D eigenvalue weighted by atomic mass is 10.0. The molecule has 0 aliphatic carbocycles. The normalized spacial score (nSPS) is 10.1. The van der Waals surface area contributed by atoms with Crippen LogP contribution in [0.5, 0.6) is 0 Å². The lowest BCUT2D eigenvalue weighted by Crippen LogP contribution is -2.04. The molecule has 0 aliphatic rings. The number of aryl methyl sites for hydroxylation is 1. The summed E-state index contributed by atoms with van der Waals surface area (Å²) in [6.07, 6.45) is 2.66. The number of Topliss-reactive ketones (excluding diaryl/α,β-unsaturated/α-hetero) is 2. The molecule has 0 unspecified atom stereocenters. The van der Waals surface area contributed by atoms with E-state index >= 15 is 0 Å². The van der Waals surface area contributed by atoms with Crippen molar-refractivity contribution in [1.29, 1.82) is 0 Å². The van der Waals surface area contributed by atoms with Gasteiger partial charge in [-0.25, -0.2) is 0 Å². The minimum absolute atomic E-state index is 0.174. The minimum Gasteiger partial charge on any atom is -0.300 e. The highest BCUT2D eigenvalue weighted by atomic mass is 16.1. The maximum Gasteiger partial charge on any atom is 0.133 e. The zero-order valence-electron chi connectivity index (χ0n) is 9.74. The average molecular weight is 218 g/mol. The monoisotopic (exact) mass is 218 g/mol. The van der Waals surface area contributed by atoms with Gasteiger partial charge < -0.3 is 0 Å². The Morgan fingerprint density at radius 2 is 1.56 bits per heavy atom. The maximum atomic E-state index is 11.5. The Morgan fingerprint density at radius 3 is 2.19 bits per heavy atom. The Bertz CT molecular complexity index is 341. The van der Waals surface area contributed by atoms with Crippen LogP contribution >= 0.6 is 0 Å². The van der Waals surface area contributed by atoms with Crippen molar-refractivity contribution in [1.82, 2.24) is 0 Å². The molecule has 0 aromatic heterocycles. The molecule has 16 heavy (non-hydrogen) atoms. The van der Waals surface area contributed by atoms with Crippen molar-refractivity contribution >= 4 is 11.6 Å². The molecule has 0 spiro atoms. The van der Waals surface area contributed by atoms with Gasteiger partial charge in [-0.3, -0.25) is 9.59 Å². The van der Waals surface area contributed by atoms with E-state index in [1.165, 1.54) is 5.56 Å². The Kier molecular flexibility index (Phi) is 5.48. The van der Waals surface area contributed by atoms with Gasteiger partial charge in [-0.05, 0) is 12.0 Å². The fourth-order valence-electron chi connectivity index (χ4n) is 1.51. The molecule has 0 saturated heterocycles. The van der Waals surface area contributed by atoms with Crippen LogP contribution in [0.25, 0.3) is 0 Å². The molecule has 0 atom stereocenters. The van der Waals surface area contributed by atoms with E-state index in [-0.39, 0.29) is 11.6 Å². The van der Waals surface area contributed by atoms with Crippen LogP contribution in [0, 0.1) is 0 Å². The highest BCUT2D eigenvalue weighted by Crippen LogP contribution is 2.05. The minimum atomic E-state index is 0.174. The van der Waals surface area contributed by atoms with Crippen LogP contribution in [-0.4, -0.2) is 11.6 Å². The third-order valence-corrected chi connectivity index (χ3v) is 2.61. The van der Waals surface area contributed by atoms with Crippen LogP contribution < -0.4 is 0 Å². The van der Waals surface area contributed by atoms with Gasteiger partial charge in [0.05, 0.1) is 0 Å². The van der Waals surface area contributed by atoms with Crippen LogP contribution in [0.2, 0.25) is 0 Å². The number of benzene rings is 1.